The molecular formula is C16H13BrFN3O13. The Morgan fingerprint density at radius 3 is 2.15 bits per heavy atom. The largest absolute Gasteiger partial charge is 0.504 e. The van der Waals surface area contributed by atoms with E-state index in [1.165, 1.54) is 0 Å². The van der Waals surface area contributed by atoms with Gasteiger partial charge in [-0.1, -0.05) is 0 Å². The van der Waals surface area contributed by atoms with E-state index in [9.17, 15) is 34.7 Å². The Bertz CT molecular complexity index is 1330. The predicted octanol–water partition coefficient (Wildman–Crippen LogP) is -1.29. The maximum Gasteiger partial charge on any atom is 0.453 e. The molecule has 0 aliphatic heterocycles. The lowest BCUT2D eigenvalue weighted by Crippen LogP contribution is -2.35. The lowest BCUT2D eigenvalue weighted by molar-refractivity contribution is -0.420. The SMILES string of the molecule is O=c1nc(Nc2c(O)c(O)c(Br)c(O)c2F)c2c(O)c(OC(O)(O)O)c(OC(O)O)c(O)c2[nH]1. The molecule has 0 bridgehead atoms. The highest BCUT2D eigenvalue weighted by molar-refractivity contribution is 9.10. The summed E-state index contributed by atoms with van der Waals surface area (Å²) in [6, 6.07) is 0. The van der Waals surface area contributed by atoms with Crippen LogP contribution < -0.4 is 20.5 Å². The number of ether oxygens (including phenoxy) is 2. The van der Waals surface area contributed by atoms with Crippen LogP contribution in [0.25, 0.3) is 10.9 Å². The van der Waals surface area contributed by atoms with Crippen molar-refractivity contribution in [2.75, 3.05) is 5.32 Å². The monoisotopic (exact) mass is 553 g/mol. The van der Waals surface area contributed by atoms with Crippen molar-refractivity contribution >= 4 is 38.3 Å². The molecule has 3 aromatic rings. The van der Waals surface area contributed by atoms with Gasteiger partial charge in [0, 0.05) is 0 Å². The fourth-order valence-electron chi connectivity index (χ4n) is 2.75. The molecule has 0 spiro atoms. The number of benzene rings is 2. The first-order valence-electron chi connectivity index (χ1n) is 8.43. The quantitative estimate of drug-likeness (QED) is 0.0959. The molecule has 18 heteroatoms. The van der Waals surface area contributed by atoms with Crippen LogP contribution >= 0.6 is 15.9 Å². The van der Waals surface area contributed by atoms with E-state index in [0.717, 1.165) is 0 Å². The highest BCUT2D eigenvalue weighted by atomic mass is 79.9. The smallest absolute Gasteiger partial charge is 0.453 e. The summed E-state index contributed by atoms with van der Waals surface area (Å²) in [4.78, 5) is 17.3. The van der Waals surface area contributed by atoms with Crippen molar-refractivity contribution in [2.45, 2.75) is 12.6 Å². The summed E-state index contributed by atoms with van der Waals surface area (Å²) in [7, 11) is 0. The maximum atomic E-state index is 14.5. The molecule has 0 amide bonds. The Hall–Kier alpha value is -3.81. The maximum absolute atomic E-state index is 14.5. The van der Waals surface area contributed by atoms with E-state index in [1.54, 1.807) is 0 Å². The van der Waals surface area contributed by atoms with Crippen LogP contribution in [0, 0.1) is 5.82 Å². The van der Waals surface area contributed by atoms with Gasteiger partial charge in [-0.3, -0.25) is 0 Å². The van der Waals surface area contributed by atoms with Gasteiger partial charge in [-0.25, -0.2) is 9.18 Å². The minimum atomic E-state index is -4.03. The van der Waals surface area contributed by atoms with Crippen LogP contribution in [0.4, 0.5) is 15.9 Å². The average Bonchev–Trinajstić information content (AvgIpc) is 2.73. The van der Waals surface area contributed by atoms with Crippen LogP contribution in [0.15, 0.2) is 9.27 Å². The van der Waals surface area contributed by atoms with Gasteiger partial charge in [0.15, 0.2) is 34.6 Å². The molecule has 0 saturated carbocycles. The summed E-state index contributed by atoms with van der Waals surface area (Å²) in [5.41, 5.74) is -3.17. The molecule has 0 aliphatic carbocycles. The zero-order valence-electron chi connectivity index (χ0n) is 16.0. The van der Waals surface area contributed by atoms with Crippen molar-refractivity contribution in [2.24, 2.45) is 0 Å². The second-order valence-electron chi connectivity index (χ2n) is 6.29. The summed E-state index contributed by atoms with van der Waals surface area (Å²) in [5, 5.41) is 97.2. The fraction of sp³-hybridized carbons (Fsp3) is 0.125. The molecule has 0 aliphatic rings. The van der Waals surface area contributed by atoms with Gasteiger partial charge < -0.3 is 70.8 Å². The molecule has 0 unspecified atom stereocenters. The Balaban J connectivity index is 2.39. The number of nitrogens with one attached hydrogen (secondary N) is 2. The van der Waals surface area contributed by atoms with Gasteiger partial charge in [0.2, 0.25) is 11.5 Å². The number of hydrogen-bond acceptors (Lipinski definition) is 15. The number of anilines is 2. The molecule has 0 saturated heterocycles. The van der Waals surface area contributed by atoms with Crippen molar-refractivity contribution in [3.8, 4) is 40.2 Å². The minimum absolute atomic E-state index is 0.637. The summed E-state index contributed by atoms with van der Waals surface area (Å²) in [6.45, 7) is -2.71. The first kappa shape index (κ1) is 24.8. The van der Waals surface area contributed by atoms with Crippen LogP contribution in [0.2, 0.25) is 0 Å². The van der Waals surface area contributed by atoms with Gasteiger partial charge in [0.05, 0.1) is 5.39 Å². The number of aromatic amines is 1. The number of aromatic hydroxyl groups is 5. The molecule has 12 N–H and O–H groups in total. The molecule has 184 valence electrons. The minimum Gasteiger partial charge on any atom is -0.504 e. The van der Waals surface area contributed by atoms with E-state index < -0.39 is 91.3 Å². The Morgan fingerprint density at radius 1 is 0.971 bits per heavy atom. The molecule has 1 aromatic heterocycles. The number of nitrogens with zero attached hydrogens (tertiary/aromatic N) is 1. The van der Waals surface area contributed by atoms with Crippen LogP contribution in [0.3, 0.4) is 0 Å². The molecule has 1 heterocycles. The van der Waals surface area contributed by atoms with Gasteiger partial charge in [-0.15, -0.1) is 0 Å². The number of aliphatic hydroxyl groups is 5. The standard InChI is InChI=1S/C16H13BrFN3O13/c17-2-7(23)3(18)5(9(25)8(2)24)19-13-1-4(20-14(27)21-13)10(26)11(33-15(28)29)12(6(1)22)34-16(30,31)32/h15,22-26,28-32H,(H2,19,20,21,27). The van der Waals surface area contributed by atoms with Crippen molar-refractivity contribution in [3.05, 3.63) is 20.8 Å². The summed E-state index contributed by atoms with van der Waals surface area (Å²) in [6.07, 6.45) is -4.03. The molecule has 2 aromatic carbocycles. The van der Waals surface area contributed by atoms with E-state index in [0.29, 0.717) is 0 Å². The Morgan fingerprint density at radius 2 is 1.59 bits per heavy atom. The number of phenolic OH excluding ortho intramolecular Hbond substituents is 5. The lowest BCUT2D eigenvalue weighted by Gasteiger charge is -2.22. The van der Waals surface area contributed by atoms with E-state index in [-0.39, 0.29) is 0 Å². The first-order valence-corrected chi connectivity index (χ1v) is 9.23. The zero-order chi connectivity index (χ0) is 25.7. The van der Waals surface area contributed by atoms with Gasteiger partial charge >= 0.3 is 18.3 Å². The van der Waals surface area contributed by atoms with Gasteiger partial charge in [0.25, 0.3) is 0 Å². The summed E-state index contributed by atoms with van der Waals surface area (Å²) >= 11 is 2.62. The number of hydrogen-bond donors (Lipinski definition) is 12. The zero-order valence-corrected chi connectivity index (χ0v) is 17.6. The molecule has 0 fully saturated rings. The van der Waals surface area contributed by atoms with Crippen LogP contribution in [-0.4, -0.2) is 73.7 Å². The van der Waals surface area contributed by atoms with Crippen LogP contribution in [0.1, 0.15) is 0 Å². The van der Waals surface area contributed by atoms with Crippen molar-refractivity contribution in [1.29, 1.82) is 0 Å². The summed E-state index contributed by atoms with van der Waals surface area (Å²) < 4.78 is 22.5. The van der Waals surface area contributed by atoms with E-state index in [4.69, 9.17) is 25.5 Å². The third-order valence-corrected chi connectivity index (χ3v) is 4.80. The van der Waals surface area contributed by atoms with Crippen molar-refractivity contribution in [1.82, 2.24) is 9.97 Å². The Labute approximate surface area is 192 Å². The first-order chi connectivity index (χ1) is 15.6. The molecule has 0 atom stereocenters. The highest BCUT2D eigenvalue weighted by Crippen LogP contribution is 2.53. The lowest BCUT2D eigenvalue weighted by atomic mass is 10.1. The normalized spacial score (nSPS) is 11.8. The molecular weight excluding hydrogens is 541 g/mol. The third kappa shape index (κ3) is 4.35. The van der Waals surface area contributed by atoms with E-state index in [2.05, 4.69) is 30.4 Å². The number of aliphatic hydroxyl groups excluding tert-OH is 1. The second kappa shape index (κ2) is 8.52. The summed E-state index contributed by atoms with van der Waals surface area (Å²) in [5.74, 6) is -11.1. The molecule has 16 nitrogen and oxygen atoms in total. The van der Waals surface area contributed by atoms with Gasteiger partial charge in [0.1, 0.15) is 21.5 Å². The number of H-pyrrole nitrogens is 1. The fourth-order valence-corrected chi connectivity index (χ4v) is 3.11. The highest BCUT2D eigenvalue weighted by Gasteiger charge is 2.33. The van der Waals surface area contributed by atoms with Crippen molar-refractivity contribution < 1.29 is 64.9 Å². The van der Waals surface area contributed by atoms with E-state index >= 15 is 0 Å². The molecule has 34 heavy (non-hydrogen) atoms. The number of rotatable bonds is 6. The molecule has 3 rings (SSSR count). The number of fused-ring (bicyclic) bond motifs is 1. The third-order valence-electron chi connectivity index (χ3n) is 4.05. The number of aromatic nitrogens is 2. The van der Waals surface area contributed by atoms with Crippen molar-refractivity contribution in [3.63, 3.8) is 0 Å². The number of halogens is 2. The predicted molar refractivity (Wildman–Crippen MR) is 107 cm³/mol. The Kier molecular flexibility index (Phi) is 6.22. The molecule has 0 radical (unpaired) electrons. The topological polar surface area (TPSA) is 279 Å². The van der Waals surface area contributed by atoms with Crippen LogP contribution in [-0.2, 0) is 0 Å². The average molecular weight is 554 g/mol. The second-order valence-corrected chi connectivity index (χ2v) is 7.08. The number of phenols is 5. The van der Waals surface area contributed by atoms with E-state index in [1.807, 2.05) is 10.3 Å². The van der Waals surface area contributed by atoms with Gasteiger partial charge in [-0.2, -0.15) is 4.98 Å². The van der Waals surface area contributed by atoms with Crippen LogP contribution in [0.5, 0.6) is 40.2 Å². The van der Waals surface area contributed by atoms with Gasteiger partial charge in [-0.05, 0) is 15.9 Å².